The summed E-state index contributed by atoms with van der Waals surface area (Å²) < 4.78 is 5.39. The van der Waals surface area contributed by atoms with Gasteiger partial charge in [0.05, 0.1) is 12.3 Å². The first-order valence-corrected chi connectivity index (χ1v) is 6.84. The molecule has 1 saturated carbocycles. The van der Waals surface area contributed by atoms with Gasteiger partial charge in [-0.1, -0.05) is 19.8 Å². The van der Waals surface area contributed by atoms with E-state index in [4.69, 9.17) is 10.5 Å². The molecule has 1 fully saturated rings. The maximum Gasteiger partial charge on any atom is 0.239 e. The van der Waals surface area contributed by atoms with E-state index in [9.17, 15) is 0 Å². The molecule has 1 aromatic rings. The average molecular weight is 249 g/mol. The minimum absolute atomic E-state index is 0.530. The van der Waals surface area contributed by atoms with Crippen LogP contribution in [0.4, 0.5) is 11.5 Å². The van der Waals surface area contributed by atoms with Crippen molar-refractivity contribution in [2.45, 2.75) is 33.1 Å². The van der Waals surface area contributed by atoms with Gasteiger partial charge in [0, 0.05) is 6.54 Å². The van der Waals surface area contributed by atoms with Gasteiger partial charge in [0.15, 0.2) is 0 Å². The van der Waals surface area contributed by atoms with E-state index >= 15 is 0 Å². The zero-order valence-electron chi connectivity index (χ0n) is 11.3. The molecule has 2 unspecified atom stereocenters. The number of pyridine rings is 1. The average Bonchev–Trinajstić information content (AvgIpc) is 2.76. The van der Waals surface area contributed by atoms with Crippen LogP contribution in [0.25, 0.3) is 0 Å². The van der Waals surface area contributed by atoms with Gasteiger partial charge in [0.25, 0.3) is 0 Å². The highest BCUT2D eigenvalue weighted by Gasteiger charge is 2.22. The summed E-state index contributed by atoms with van der Waals surface area (Å²) >= 11 is 0. The zero-order chi connectivity index (χ0) is 13.0. The maximum absolute atomic E-state index is 5.80. The molecule has 0 spiro atoms. The Morgan fingerprint density at radius 3 is 2.94 bits per heavy atom. The van der Waals surface area contributed by atoms with Crippen molar-refractivity contribution in [2.75, 3.05) is 24.2 Å². The number of aromatic nitrogens is 1. The lowest BCUT2D eigenvalue weighted by molar-refractivity contribution is 0.329. The summed E-state index contributed by atoms with van der Waals surface area (Å²) in [6, 6.07) is 3.76. The first-order valence-electron chi connectivity index (χ1n) is 6.84. The van der Waals surface area contributed by atoms with Crippen molar-refractivity contribution < 1.29 is 4.74 Å². The largest absolute Gasteiger partial charge is 0.476 e. The monoisotopic (exact) mass is 249 g/mol. The third kappa shape index (κ3) is 3.06. The molecule has 3 N–H and O–H groups in total. The summed E-state index contributed by atoms with van der Waals surface area (Å²) in [5, 5.41) is 3.40. The van der Waals surface area contributed by atoms with Crippen molar-refractivity contribution >= 4 is 11.5 Å². The summed E-state index contributed by atoms with van der Waals surface area (Å²) in [6.45, 7) is 5.84. The van der Waals surface area contributed by atoms with E-state index in [1.54, 1.807) is 0 Å². The van der Waals surface area contributed by atoms with Gasteiger partial charge in [-0.2, -0.15) is 4.98 Å². The second kappa shape index (κ2) is 5.94. The van der Waals surface area contributed by atoms with E-state index in [-0.39, 0.29) is 0 Å². The molecule has 1 aromatic heterocycles. The molecule has 18 heavy (non-hydrogen) atoms. The van der Waals surface area contributed by atoms with Gasteiger partial charge < -0.3 is 15.8 Å². The summed E-state index contributed by atoms with van der Waals surface area (Å²) in [5.41, 5.74) is 6.39. The standard InChI is InChI=1S/C14H23N3O/c1-3-18-14-12(15)7-8-13(17-14)16-9-11-6-4-5-10(11)2/h7-8,10-11H,3-6,9,15H2,1-2H3,(H,16,17). The molecule has 4 nitrogen and oxygen atoms in total. The molecule has 0 aromatic carbocycles. The minimum atomic E-state index is 0.530. The molecule has 2 atom stereocenters. The normalized spacial score (nSPS) is 23.0. The van der Waals surface area contributed by atoms with Gasteiger partial charge in [-0.05, 0) is 37.3 Å². The molecule has 4 heteroatoms. The number of anilines is 2. The Morgan fingerprint density at radius 2 is 2.28 bits per heavy atom. The number of nitrogens with zero attached hydrogens (tertiary/aromatic N) is 1. The molecule has 0 bridgehead atoms. The molecule has 0 radical (unpaired) electrons. The summed E-state index contributed by atoms with van der Waals surface area (Å²) in [7, 11) is 0. The number of nitrogens with one attached hydrogen (secondary N) is 1. The smallest absolute Gasteiger partial charge is 0.239 e. The van der Waals surface area contributed by atoms with Crippen LogP contribution >= 0.6 is 0 Å². The second-order valence-corrected chi connectivity index (χ2v) is 5.07. The lowest BCUT2D eigenvalue weighted by atomic mass is 9.98. The first-order chi connectivity index (χ1) is 8.70. The van der Waals surface area contributed by atoms with Gasteiger partial charge in [-0.15, -0.1) is 0 Å². The van der Waals surface area contributed by atoms with Crippen molar-refractivity contribution in [1.29, 1.82) is 0 Å². The number of nitrogen functional groups attached to an aromatic ring is 1. The number of ether oxygens (including phenoxy) is 1. The Morgan fingerprint density at radius 1 is 1.44 bits per heavy atom. The molecule has 2 rings (SSSR count). The fraction of sp³-hybridized carbons (Fsp3) is 0.643. The molecule has 0 saturated heterocycles. The maximum atomic E-state index is 5.80. The van der Waals surface area contributed by atoms with Gasteiger partial charge >= 0.3 is 0 Å². The Labute approximate surface area is 109 Å². The van der Waals surface area contributed by atoms with Crippen LogP contribution in [0.1, 0.15) is 33.1 Å². The molecular weight excluding hydrogens is 226 g/mol. The topological polar surface area (TPSA) is 60.2 Å². The third-order valence-electron chi connectivity index (χ3n) is 3.76. The van der Waals surface area contributed by atoms with Crippen molar-refractivity contribution in [3.8, 4) is 5.88 Å². The Bertz CT molecular complexity index is 395. The van der Waals surface area contributed by atoms with Gasteiger partial charge in [0.2, 0.25) is 5.88 Å². The van der Waals surface area contributed by atoms with Crippen LogP contribution in [0.5, 0.6) is 5.88 Å². The SMILES string of the molecule is CCOc1nc(NCC2CCCC2C)ccc1N. The third-order valence-corrected chi connectivity index (χ3v) is 3.76. The zero-order valence-corrected chi connectivity index (χ0v) is 11.3. The fourth-order valence-corrected chi connectivity index (χ4v) is 2.56. The lowest BCUT2D eigenvalue weighted by Crippen LogP contribution is -2.17. The van der Waals surface area contributed by atoms with Crippen LogP contribution in [0, 0.1) is 11.8 Å². The first kappa shape index (κ1) is 13.0. The van der Waals surface area contributed by atoms with E-state index in [2.05, 4.69) is 17.2 Å². The predicted molar refractivity (Wildman–Crippen MR) is 74.8 cm³/mol. The van der Waals surface area contributed by atoms with Crippen LogP contribution in [-0.4, -0.2) is 18.1 Å². The number of rotatable bonds is 5. The number of hydrogen-bond donors (Lipinski definition) is 2. The minimum Gasteiger partial charge on any atom is -0.476 e. The van der Waals surface area contributed by atoms with Crippen LogP contribution in [0.3, 0.4) is 0 Å². The highest BCUT2D eigenvalue weighted by atomic mass is 16.5. The van der Waals surface area contributed by atoms with E-state index in [1.807, 2.05) is 19.1 Å². The predicted octanol–water partition coefficient (Wildman–Crippen LogP) is 2.91. The summed E-state index contributed by atoms with van der Waals surface area (Å²) in [4.78, 5) is 4.39. The quantitative estimate of drug-likeness (QED) is 0.842. The lowest BCUT2D eigenvalue weighted by Gasteiger charge is -2.16. The van der Waals surface area contributed by atoms with Gasteiger partial charge in [-0.25, -0.2) is 0 Å². The highest BCUT2D eigenvalue weighted by molar-refractivity contribution is 5.53. The van der Waals surface area contributed by atoms with E-state index in [1.165, 1.54) is 19.3 Å². The van der Waals surface area contributed by atoms with Crippen LogP contribution < -0.4 is 15.8 Å². The highest BCUT2D eigenvalue weighted by Crippen LogP contribution is 2.31. The Balaban J connectivity index is 1.94. The van der Waals surface area contributed by atoms with Gasteiger partial charge in [-0.3, -0.25) is 0 Å². The molecule has 100 valence electrons. The molecule has 1 heterocycles. The van der Waals surface area contributed by atoms with Crippen molar-refractivity contribution in [2.24, 2.45) is 11.8 Å². The van der Waals surface area contributed by atoms with Crippen LogP contribution in [-0.2, 0) is 0 Å². The van der Waals surface area contributed by atoms with Crippen LogP contribution in [0.2, 0.25) is 0 Å². The molecule has 0 aliphatic heterocycles. The van der Waals surface area contributed by atoms with Crippen LogP contribution in [0.15, 0.2) is 12.1 Å². The molecule has 0 amide bonds. The molecule has 1 aliphatic carbocycles. The van der Waals surface area contributed by atoms with Crippen molar-refractivity contribution in [1.82, 2.24) is 4.98 Å². The molecule has 1 aliphatic rings. The summed E-state index contributed by atoms with van der Waals surface area (Å²) in [5.74, 6) is 2.96. The van der Waals surface area contributed by atoms with Crippen molar-refractivity contribution in [3.63, 3.8) is 0 Å². The fourth-order valence-electron chi connectivity index (χ4n) is 2.56. The second-order valence-electron chi connectivity index (χ2n) is 5.07. The Hall–Kier alpha value is -1.45. The summed E-state index contributed by atoms with van der Waals surface area (Å²) in [6.07, 6.45) is 4.03. The molecular formula is C14H23N3O. The van der Waals surface area contributed by atoms with E-state index in [0.29, 0.717) is 18.2 Å². The Kier molecular flexibility index (Phi) is 4.28. The van der Waals surface area contributed by atoms with Gasteiger partial charge in [0.1, 0.15) is 5.82 Å². The van der Waals surface area contributed by atoms with Crippen molar-refractivity contribution in [3.05, 3.63) is 12.1 Å². The number of nitrogens with two attached hydrogens (primary N) is 1. The van der Waals surface area contributed by atoms with E-state index in [0.717, 1.165) is 24.2 Å². The van der Waals surface area contributed by atoms with E-state index < -0.39 is 0 Å². The number of hydrogen-bond acceptors (Lipinski definition) is 4.